The van der Waals surface area contributed by atoms with Crippen LogP contribution in [0.4, 0.5) is 0 Å². The van der Waals surface area contributed by atoms with Crippen molar-refractivity contribution in [3.8, 4) is 0 Å². The highest BCUT2D eigenvalue weighted by Gasteiger charge is 2.37. The summed E-state index contributed by atoms with van der Waals surface area (Å²) in [6.07, 6.45) is 7.43. The van der Waals surface area contributed by atoms with E-state index in [2.05, 4.69) is 19.2 Å². The third kappa shape index (κ3) is 3.05. The summed E-state index contributed by atoms with van der Waals surface area (Å²) in [7, 11) is 0. The minimum atomic E-state index is -0.204. The molecule has 0 spiro atoms. The average Bonchev–Trinajstić information content (AvgIpc) is 2.71. The molecule has 104 valence electrons. The maximum Gasteiger partial charge on any atom is 0.223 e. The number of carbonyl (C=O) groups excluding carboxylic acids is 1. The van der Waals surface area contributed by atoms with Gasteiger partial charge in [0.05, 0.1) is 6.10 Å². The summed E-state index contributed by atoms with van der Waals surface area (Å²) in [5.41, 5.74) is 0.136. The monoisotopic (exact) mass is 253 g/mol. The highest BCUT2D eigenvalue weighted by molar-refractivity contribution is 5.79. The standard InChI is InChI=1S/C15H27NO2/c1-15(2)9-4-3-7-12(15)14(18)16-10-11-6-5-8-13(11)17/h11-13,17H,3-10H2,1-2H3,(H,16,18). The summed E-state index contributed by atoms with van der Waals surface area (Å²) in [5, 5.41) is 12.8. The fraction of sp³-hybridized carbons (Fsp3) is 0.933. The van der Waals surface area contributed by atoms with Crippen LogP contribution in [0.25, 0.3) is 0 Å². The molecular formula is C15H27NO2. The van der Waals surface area contributed by atoms with Crippen LogP contribution in [0.3, 0.4) is 0 Å². The van der Waals surface area contributed by atoms with E-state index < -0.39 is 0 Å². The second-order valence-electron chi connectivity index (χ2n) is 6.79. The van der Waals surface area contributed by atoms with Crippen LogP contribution in [-0.2, 0) is 4.79 Å². The number of aliphatic hydroxyl groups excluding tert-OH is 1. The van der Waals surface area contributed by atoms with E-state index in [1.807, 2.05) is 0 Å². The van der Waals surface area contributed by atoms with Crippen LogP contribution in [-0.4, -0.2) is 23.7 Å². The zero-order valence-corrected chi connectivity index (χ0v) is 11.7. The first-order chi connectivity index (χ1) is 8.50. The minimum absolute atomic E-state index is 0.136. The molecule has 0 aromatic carbocycles. The summed E-state index contributed by atoms with van der Waals surface area (Å²) in [4.78, 5) is 12.3. The van der Waals surface area contributed by atoms with E-state index in [1.165, 1.54) is 12.8 Å². The SMILES string of the molecule is CC1(C)CCCCC1C(=O)NCC1CCCC1O. The smallest absolute Gasteiger partial charge is 0.223 e. The second kappa shape index (κ2) is 5.60. The molecule has 3 unspecified atom stereocenters. The molecule has 3 atom stereocenters. The zero-order chi connectivity index (χ0) is 13.2. The van der Waals surface area contributed by atoms with Crippen LogP contribution in [0, 0.1) is 17.3 Å². The van der Waals surface area contributed by atoms with Crippen molar-refractivity contribution in [3.05, 3.63) is 0 Å². The maximum atomic E-state index is 12.3. The van der Waals surface area contributed by atoms with Crippen LogP contribution in [0.1, 0.15) is 58.8 Å². The van der Waals surface area contributed by atoms with E-state index in [0.717, 1.165) is 32.1 Å². The average molecular weight is 253 g/mol. The molecule has 0 aromatic rings. The molecule has 3 heteroatoms. The first kappa shape index (κ1) is 13.9. The van der Waals surface area contributed by atoms with Gasteiger partial charge in [-0.15, -0.1) is 0 Å². The molecule has 2 aliphatic carbocycles. The molecule has 3 nitrogen and oxygen atoms in total. The molecule has 2 aliphatic rings. The Bertz CT molecular complexity index is 301. The summed E-state index contributed by atoms with van der Waals surface area (Å²) in [6, 6.07) is 0. The predicted octanol–water partition coefficient (Wildman–Crippen LogP) is 2.48. The quantitative estimate of drug-likeness (QED) is 0.812. The third-order valence-corrected chi connectivity index (χ3v) is 4.98. The van der Waals surface area contributed by atoms with Gasteiger partial charge in [0, 0.05) is 18.4 Å². The van der Waals surface area contributed by atoms with Gasteiger partial charge in [-0.2, -0.15) is 0 Å². The summed E-state index contributed by atoms with van der Waals surface area (Å²) in [5.74, 6) is 0.643. The molecule has 2 fully saturated rings. The van der Waals surface area contributed by atoms with Gasteiger partial charge in [0.15, 0.2) is 0 Å². The van der Waals surface area contributed by atoms with Crippen LogP contribution < -0.4 is 5.32 Å². The molecule has 18 heavy (non-hydrogen) atoms. The van der Waals surface area contributed by atoms with Crippen molar-refractivity contribution in [2.24, 2.45) is 17.3 Å². The first-order valence-corrected chi connectivity index (χ1v) is 7.46. The molecule has 0 bridgehead atoms. The van der Waals surface area contributed by atoms with Gasteiger partial charge in [0.25, 0.3) is 0 Å². The van der Waals surface area contributed by atoms with E-state index in [0.29, 0.717) is 6.54 Å². The normalized spacial score (nSPS) is 35.4. The Labute approximate surface area is 110 Å². The van der Waals surface area contributed by atoms with Crippen LogP contribution in [0.15, 0.2) is 0 Å². The molecule has 0 radical (unpaired) electrons. The van der Waals surface area contributed by atoms with Gasteiger partial charge in [-0.3, -0.25) is 4.79 Å². The number of carbonyl (C=O) groups is 1. The molecule has 1 amide bonds. The van der Waals surface area contributed by atoms with Crippen molar-refractivity contribution in [1.29, 1.82) is 0 Å². The molecule has 2 N–H and O–H groups in total. The Hall–Kier alpha value is -0.570. The largest absolute Gasteiger partial charge is 0.393 e. The number of hydrogen-bond donors (Lipinski definition) is 2. The highest BCUT2D eigenvalue weighted by atomic mass is 16.3. The lowest BCUT2D eigenvalue weighted by molar-refractivity contribution is -0.130. The summed E-state index contributed by atoms with van der Waals surface area (Å²) in [6.45, 7) is 5.08. The van der Waals surface area contributed by atoms with Gasteiger partial charge in [-0.05, 0) is 31.1 Å². The minimum Gasteiger partial charge on any atom is -0.393 e. The number of amides is 1. The number of rotatable bonds is 3. The topological polar surface area (TPSA) is 49.3 Å². The van der Waals surface area contributed by atoms with Gasteiger partial charge >= 0.3 is 0 Å². The van der Waals surface area contributed by atoms with E-state index >= 15 is 0 Å². The number of nitrogens with one attached hydrogen (secondary N) is 1. The van der Waals surface area contributed by atoms with Crippen molar-refractivity contribution in [2.45, 2.75) is 64.9 Å². The van der Waals surface area contributed by atoms with E-state index in [9.17, 15) is 9.90 Å². The van der Waals surface area contributed by atoms with E-state index in [1.54, 1.807) is 0 Å². The van der Waals surface area contributed by atoms with Crippen LogP contribution in [0.2, 0.25) is 0 Å². The van der Waals surface area contributed by atoms with Crippen molar-refractivity contribution >= 4 is 5.91 Å². The highest BCUT2D eigenvalue weighted by Crippen LogP contribution is 2.40. The van der Waals surface area contributed by atoms with Gasteiger partial charge in [-0.1, -0.05) is 33.1 Å². The van der Waals surface area contributed by atoms with Crippen molar-refractivity contribution in [2.75, 3.05) is 6.54 Å². The molecule has 0 aliphatic heterocycles. The fourth-order valence-electron chi connectivity index (χ4n) is 3.59. The number of hydrogen-bond acceptors (Lipinski definition) is 2. The molecule has 2 saturated carbocycles. The van der Waals surface area contributed by atoms with Gasteiger partial charge in [0.1, 0.15) is 0 Å². The van der Waals surface area contributed by atoms with Crippen molar-refractivity contribution < 1.29 is 9.90 Å². The second-order valence-corrected chi connectivity index (χ2v) is 6.79. The first-order valence-electron chi connectivity index (χ1n) is 7.46. The van der Waals surface area contributed by atoms with Gasteiger partial charge in [-0.25, -0.2) is 0 Å². The van der Waals surface area contributed by atoms with Gasteiger partial charge in [0.2, 0.25) is 5.91 Å². The van der Waals surface area contributed by atoms with Crippen molar-refractivity contribution in [1.82, 2.24) is 5.32 Å². The molecule has 2 rings (SSSR count). The Morgan fingerprint density at radius 3 is 2.61 bits per heavy atom. The Morgan fingerprint density at radius 1 is 1.22 bits per heavy atom. The summed E-state index contributed by atoms with van der Waals surface area (Å²) >= 11 is 0. The van der Waals surface area contributed by atoms with Gasteiger partial charge < -0.3 is 10.4 Å². The third-order valence-electron chi connectivity index (χ3n) is 4.98. The number of aliphatic hydroxyl groups is 1. The fourth-order valence-corrected chi connectivity index (χ4v) is 3.59. The van der Waals surface area contributed by atoms with E-state index in [-0.39, 0.29) is 29.3 Å². The Kier molecular flexibility index (Phi) is 4.31. The lowest BCUT2D eigenvalue weighted by Gasteiger charge is -2.37. The molecule has 0 saturated heterocycles. The molecular weight excluding hydrogens is 226 g/mol. The lowest BCUT2D eigenvalue weighted by atomic mass is 9.68. The molecule has 0 heterocycles. The van der Waals surface area contributed by atoms with Crippen LogP contribution in [0.5, 0.6) is 0 Å². The van der Waals surface area contributed by atoms with Crippen molar-refractivity contribution in [3.63, 3.8) is 0 Å². The zero-order valence-electron chi connectivity index (χ0n) is 11.7. The maximum absolute atomic E-state index is 12.3. The van der Waals surface area contributed by atoms with Crippen LogP contribution >= 0.6 is 0 Å². The molecule has 0 aromatic heterocycles. The summed E-state index contributed by atoms with van der Waals surface area (Å²) < 4.78 is 0. The van der Waals surface area contributed by atoms with E-state index in [4.69, 9.17) is 0 Å². The Balaban J connectivity index is 1.83. The predicted molar refractivity (Wildman–Crippen MR) is 72.1 cm³/mol. The lowest BCUT2D eigenvalue weighted by Crippen LogP contribution is -2.43. The Morgan fingerprint density at radius 2 is 2.00 bits per heavy atom.